The van der Waals surface area contributed by atoms with Gasteiger partial charge in [-0.2, -0.15) is 0 Å². The average Bonchev–Trinajstić information content (AvgIpc) is 2.41. The molecule has 0 fully saturated rings. The summed E-state index contributed by atoms with van der Waals surface area (Å²) in [5.41, 5.74) is 6.57. The Morgan fingerprint density at radius 1 is 1.00 bits per heavy atom. The molecule has 5 nitrogen and oxygen atoms in total. The molecule has 0 aliphatic carbocycles. The average molecular weight is 292 g/mol. The Hall–Kier alpha value is -1.89. The second-order valence-electron chi connectivity index (χ2n) is 4.28. The number of nitrogens with two attached hydrogens (primary N) is 2. The van der Waals surface area contributed by atoms with Crippen LogP contribution in [0.1, 0.15) is 5.56 Å². The summed E-state index contributed by atoms with van der Waals surface area (Å²) in [6, 6.07) is 13.6. The van der Waals surface area contributed by atoms with Crippen LogP contribution in [0.5, 0.6) is 11.5 Å². The predicted molar refractivity (Wildman–Crippen MR) is 77.1 cm³/mol. The molecule has 0 saturated heterocycles. The molecule has 106 valence electrons. The second-order valence-corrected chi connectivity index (χ2v) is 5.81. The second kappa shape index (κ2) is 6.04. The first kappa shape index (κ1) is 14.5. The van der Waals surface area contributed by atoms with Gasteiger partial charge in [0.15, 0.2) is 0 Å². The first-order valence-electron chi connectivity index (χ1n) is 6.09. The summed E-state index contributed by atoms with van der Waals surface area (Å²) >= 11 is 0. The lowest BCUT2D eigenvalue weighted by Gasteiger charge is -2.10. The van der Waals surface area contributed by atoms with E-state index in [4.69, 9.17) is 15.6 Å². The molecule has 0 heterocycles. The third kappa shape index (κ3) is 3.57. The molecule has 0 bridgehead atoms. The summed E-state index contributed by atoms with van der Waals surface area (Å²) in [7, 11) is -3.81. The van der Waals surface area contributed by atoms with Gasteiger partial charge in [-0.25, -0.2) is 13.6 Å². The molecule has 0 saturated carbocycles. The van der Waals surface area contributed by atoms with Gasteiger partial charge in [-0.15, -0.1) is 0 Å². The van der Waals surface area contributed by atoms with Crippen LogP contribution in [0, 0.1) is 0 Å². The van der Waals surface area contributed by atoms with Crippen molar-refractivity contribution in [3.05, 3.63) is 54.1 Å². The molecule has 0 atom stereocenters. The highest BCUT2D eigenvalue weighted by atomic mass is 32.2. The lowest BCUT2D eigenvalue weighted by Crippen LogP contribution is -2.13. The number of hydrogen-bond donors (Lipinski definition) is 2. The Labute approximate surface area is 118 Å². The quantitative estimate of drug-likeness (QED) is 0.875. The van der Waals surface area contributed by atoms with E-state index in [1.807, 2.05) is 12.1 Å². The zero-order chi connectivity index (χ0) is 14.6. The molecule has 6 heteroatoms. The van der Waals surface area contributed by atoms with Crippen LogP contribution < -0.4 is 15.6 Å². The highest BCUT2D eigenvalue weighted by Crippen LogP contribution is 2.27. The number of ether oxygens (including phenoxy) is 1. The molecule has 2 rings (SSSR count). The van der Waals surface area contributed by atoms with E-state index in [1.165, 1.54) is 6.07 Å². The van der Waals surface area contributed by atoms with Gasteiger partial charge in [-0.3, -0.25) is 0 Å². The van der Waals surface area contributed by atoms with Crippen LogP contribution in [0.25, 0.3) is 0 Å². The lowest BCUT2D eigenvalue weighted by molar-refractivity contribution is 0.467. The van der Waals surface area contributed by atoms with Crippen molar-refractivity contribution in [2.75, 3.05) is 6.54 Å². The van der Waals surface area contributed by atoms with Crippen molar-refractivity contribution in [3.63, 3.8) is 0 Å². The minimum absolute atomic E-state index is 0.0361. The molecule has 0 unspecified atom stereocenters. The van der Waals surface area contributed by atoms with Crippen LogP contribution in [-0.4, -0.2) is 15.0 Å². The minimum Gasteiger partial charge on any atom is -0.456 e. The topological polar surface area (TPSA) is 95.4 Å². The molecule has 2 aromatic carbocycles. The fourth-order valence-corrected chi connectivity index (χ4v) is 2.45. The Morgan fingerprint density at radius 2 is 1.65 bits per heavy atom. The van der Waals surface area contributed by atoms with Crippen molar-refractivity contribution in [3.8, 4) is 11.5 Å². The molecule has 0 aliphatic heterocycles. The molecule has 0 aliphatic rings. The van der Waals surface area contributed by atoms with E-state index >= 15 is 0 Å². The van der Waals surface area contributed by atoms with Gasteiger partial charge in [0.25, 0.3) is 0 Å². The number of rotatable bonds is 5. The molecular weight excluding hydrogens is 276 g/mol. The Balaban J connectivity index is 2.26. The van der Waals surface area contributed by atoms with Gasteiger partial charge in [-0.1, -0.05) is 24.3 Å². The Bertz CT molecular complexity index is 682. The first-order valence-corrected chi connectivity index (χ1v) is 7.64. The Kier molecular flexibility index (Phi) is 4.39. The van der Waals surface area contributed by atoms with Crippen LogP contribution >= 0.6 is 0 Å². The summed E-state index contributed by atoms with van der Waals surface area (Å²) in [6.07, 6.45) is 0.786. The summed E-state index contributed by atoms with van der Waals surface area (Å²) in [5, 5.41) is 5.15. The minimum atomic E-state index is -3.81. The summed E-state index contributed by atoms with van der Waals surface area (Å²) in [6.45, 7) is 0.578. The molecule has 2 aromatic rings. The third-order valence-electron chi connectivity index (χ3n) is 2.74. The zero-order valence-corrected chi connectivity index (χ0v) is 11.6. The van der Waals surface area contributed by atoms with Gasteiger partial charge in [-0.05, 0) is 42.8 Å². The standard InChI is InChI=1S/C14H16N2O3S/c15-10-9-11-5-7-12(8-6-11)19-13-3-1-2-4-14(13)20(16,17)18/h1-8H,9-10,15H2,(H2,16,17,18). The van der Waals surface area contributed by atoms with Gasteiger partial charge >= 0.3 is 0 Å². The van der Waals surface area contributed by atoms with E-state index < -0.39 is 10.0 Å². The van der Waals surface area contributed by atoms with Crippen molar-refractivity contribution in [1.29, 1.82) is 0 Å². The fourth-order valence-electron chi connectivity index (χ4n) is 1.79. The summed E-state index contributed by atoms with van der Waals surface area (Å²) in [5.74, 6) is 0.753. The van der Waals surface area contributed by atoms with Crippen molar-refractivity contribution in [1.82, 2.24) is 0 Å². The summed E-state index contributed by atoms with van der Waals surface area (Å²) < 4.78 is 28.5. The first-order chi connectivity index (χ1) is 9.50. The molecule has 0 amide bonds. The maximum Gasteiger partial charge on any atom is 0.241 e. The predicted octanol–water partition coefficient (Wildman–Crippen LogP) is 1.63. The summed E-state index contributed by atoms with van der Waals surface area (Å²) in [4.78, 5) is -0.0361. The highest BCUT2D eigenvalue weighted by molar-refractivity contribution is 7.89. The molecular formula is C14H16N2O3S. The SMILES string of the molecule is NCCc1ccc(Oc2ccccc2S(N)(=O)=O)cc1. The van der Waals surface area contributed by atoms with E-state index in [2.05, 4.69) is 0 Å². The van der Waals surface area contributed by atoms with Gasteiger partial charge in [0.1, 0.15) is 16.4 Å². The largest absolute Gasteiger partial charge is 0.456 e. The van der Waals surface area contributed by atoms with Crippen molar-refractivity contribution in [2.24, 2.45) is 10.9 Å². The van der Waals surface area contributed by atoms with E-state index in [1.54, 1.807) is 30.3 Å². The normalized spacial score (nSPS) is 11.3. The Morgan fingerprint density at radius 3 is 2.25 bits per heavy atom. The number of hydrogen-bond acceptors (Lipinski definition) is 4. The van der Waals surface area contributed by atoms with Gasteiger partial charge in [0.2, 0.25) is 10.0 Å². The molecule has 0 radical (unpaired) electrons. The smallest absolute Gasteiger partial charge is 0.241 e. The van der Waals surface area contributed by atoms with Crippen LogP contribution in [0.3, 0.4) is 0 Å². The number of primary sulfonamides is 1. The van der Waals surface area contributed by atoms with Crippen molar-refractivity contribution >= 4 is 10.0 Å². The molecule has 0 aromatic heterocycles. The molecule has 4 N–H and O–H groups in total. The van der Waals surface area contributed by atoms with E-state index in [9.17, 15) is 8.42 Å². The number of para-hydroxylation sites is 1. The van der Waals surface area contributed by atoms with Crippen molar-refractivity contribution in [2.45, 2.75) is 11.3 Å². The molecule has 20 heavy (non-hydrogen) atoms. The fraction of sp³-hybridized carbons (Fsp3) is 0.143. The van der Waals surface area contributed by atoms with Crippen LogP contribution in [0.15, 0.2) is 53.4 Å². The van der Waals surface area contributed by atoms with E-state index in [0.29, 0.717) is 12.3 Å². The maximum atomic E-state index is 11.5. The van der Waals surface area contributed by atoms with Gasteiger partial charge in [0, 0.05) is 0 Å². The number of benzene rings is 2. The monoisotopic (exact) mass is 292 g/mol. The molecule has 0 spiro atoms. The van der Waals surface area contributed by atoms with Crippen molar-refractivity contribution < 1.29 is 13.2 Å². The van der Waals surface area contributed by atoms with Crippen LogP contribution in [0.2, 0.25) is 0 Å². The highest BCUT2D eigenvalue weighted by Gasteiger charge is 2.14. The van der Waals surface area contributed by atoms with E-state index in [-0.39, 0.29) is 10.6 Å². The van der Waals surface area contributed by atoms with E-state index in [0.717, 1.165) is 12.0 Å². The number of sulfonamides is 1. The maximum absolute atomic E-state index is 11.5. The zero-order valence-electron chi connectivity index (χ0n) is 10.8. The van der Waals surface area contributed by atoms with Gasteiger partial charge in [0.05, 0.1) is 0 Å². The van der Waals surface area contributed by atoms with Gasteiger partial charge < -0.3 is 10.5 Å². The van der Waals surface area contributed by atoms with Crippen LogP contribution in [-0.2, 0) is 16.4 Å². The van der Waals surface area contributed by atoms with Crippen LogP contribution in [0.4, 0.5) is 0 Å². The lowest BCUT2D eigenvalue weighted by atomic mass is 10.1. The third-order valence-corrected chi connectivity index (χ3v) is 3.69.